The zero-order chi connectivity index (χ0) is 61.4. The largest absolute Gasteiger partial charge is 0.472 e. The molecule has 0 fully saturated rings. The van der Waals surface area contributed by atoms with Gasteiger partial charge in [0.05, 0.1) is 33.8 Å². The topological polar surface area (TPSA) is 111 Å². The Labute approximate surface area is 517 Å². The molecular weight excluding hydrogens is 1060 g/mol. The van der Waals surface area contributed by atoms with Crippen LogP contribution in [0.4, 0.5) is 0 Å². The Morgan fingerprint density at radius 3 is 1.15 bits per heavy atom. The number of phosphoric acid groups is 1. The summed E-state index contributed by atoms with van der Waals surface area (Å²) in [6.45, 7) is 6.74. The molecule has 0 saturated carbocycles. The normalized spacial score (nSPS) is 14.5. The number of nitrogens with one attached hydrogen (secondary N) is 1. The fourth-order valence-electron chi connectivity index (χ4n) is 8.91. The molecule has 0 aliphatic rings. The number of ether oxygens (including phenoxy) is 1. The van der Waals surface area contributed by atoms with Crippen LogP contribution in [0.3, 0.4) is 0 Å². The Hall–Kier alpha value is -4.11. The maximum absolute atomic E-state index is 13.6. The first-order valence-corrected chi connectivity index (χ1v) is 35.2. The molecule has 0 aromatic carbocycles. The SMILES string of the molecule is CC/C=C\C/C=C\C/C=C\C/C=C\C/C=C\C/C=C\CCCCCCCCCCC(=O)NC(COP(=O)(O)OCC[N+](C)(C)C)C(/C=C\CCCCCCCCCCCC)OC(=O)CCCCC/C=C\C/C=C\C/C=C\C/C=C\C/C=C\CC. The molecule has 3 unspecified atom stereocenters. The van der Waals surface area contributed by atoms with Crippen molar-refractivity contribution in [3.8, 4) is 0 Å². The van der Waals surface area contributed by atoms with Crippen LogP contribution in [0.2, 0.25) is 0 Å². The van der Waals surface area contributed by atoms with Gasteiger partial charge >= 0.3 is 13.8 Å². The number of likely N-dealkylation sites (N-methyl/N-ethyl adjacent to an activating group) is 1. The number of carbonyl (C=O) groups excluding carboxylic acids is 2. The molecule has 0 bridgehead atoms. The van der Waals surface area contributed by atoms with Gasteiger partial charge in [-0.1, -0.05) is 263 Å². The lowest BCUT2D eigenvalue weighted by Crippen LogP contribution is -2.47. The van der Waals surface area contributed by atoms with E-state index in [4.69, 9.17) is 13.8 Å². The minimum Gasteiger partial charge on any atom is -0.456 e. The van der Waals surface area contributed by atoms with Crippen molar-refractivity contribution in [2.75, 3.05) is 40.9 Å². The minimum atomic E-state index is -4.47. The van der Waals surface area contributed by atoms with Gasteiger partial charge < -0.3 is 19.4 Å². The third-order valence-electron chi connectivity index (χ3n) is 14.0. The van der Waals surface area contributed by atoms with E-state index in [0.29, 0.717) is 23.9 Å². The maximum atomic E-state index is 13.6. The summed E-state index contributed by atoms with van der Waals surface area (Å²) in [5, 5.41) is 3.05. The summed E-state index contributed by atoms with van der Waals surface area (Å²) in [7, 11) is 1.45. The number of amides is 1. The van der Waals surface area contributed by atoms with Crippen LogP contribution >= 0.6 is 7.82 Å². The zero-order valence-electron chi connectivity index (χ0n) is 54.6. The van der Waals surface area contributed by atoms with Crippen LogP contribution in [0.1, 0.15) is 258 Å². The summed E-state index contributed by atoms with van der Waals surface area (Å²) in [6, 6.07) is -0.879. The van der Waals surface area contributed by atoms with Gasteiger partial charge in [-0.15, -0.1) is 0 Å². The van der Waals surface area contributed by atoms with E-state index in [1.54, 1.807) is 0 Å². The van der Waals surface area contributed by atoms with Crippen LogP contribution in [-0.2, 0) is 27.9 Å². The molecule has 0 aliphatic carbocycles. The lowest BCUT2D eigenvalue weighted by Gasteiger charge is -2.27. The standard InChI is InChI=1S/C74H125N2O7P/c1-7-10-13-16-19-22-25-28-30-32-34-35-36-37-38-39-40-41-43-44-46-48-51-54-57-60-63-66-73(77)75-71(70-82-84(79,80)81-69-68-76(4,5)6)72(65-62-59-56-53-50-27-24-21-18-15-12-9-3)83-74(78)67-64-61-58-55-52-49-47-45-42-33-31-29-26-23-20-17-14-11-8-2/h10-11,13-14,19-20,22-23,28-31,34-35,37-38,40-42,45,49,52,62,65,71-72H,7-9,12,15-18,21,24-27,32-33,36,39,43-44,46-48,50-51,53-61,63-64,66-70H2,1-6H3,(H-,75,77,79,80)/p+1/b13-10-,14-11-,22-19-,23-20-,30-28-,31-29-,35-34-,38-37-,41-40-,45-42-,52-49-,65-62-. The van der Waals surface area contributed by atoms with Crippen molar-refractivity contribution < 1.29 is 37.3 Å². The number of nitrogens with zero attached hydrogens (tertiary/aromatic N) is 1. The number of esters is 1. The third-order valence-corrected chi connectivity index (χ3v) is 15.0. The predicted molar refractivity (Wildman–Crippen MR) is 364 cm³/mol. The molecule has 0 saturated heterocycles. The van der Waals surface area contributed by atoms with Gasteiger partial charge in [0.2, 0.25) is 5.91 Å². The molecule has 84 heavy (non-hydrogen) atoms. The smallest absolute Gasteiger partial charge is 0.456 e. The van der Waals surface area contributed by atoms with E-state index >= 15 is 0 Å². The first-order chi connectivity index (χ1) is 40.9. The number of carbonyl (C=O) groups is 2. The van der Waals surface area contributed by atoms with E-state index in [0.717, 1.165) is 141 Å². The molecule has 1 amide bonds. The van der Waals surface area contributed by atoms with E-state index in [-0.39, 0.29) is 31.5 Å². The van der Waals surface area contributed by atoms with Gasteiger partial charge in [-0.2, -0.15) is 0 Å². The summed E-state index contributed by atoms with van der Waals surface area (Å²) >= 11 is 0. The highest BCUT2D eigenvalue weighted by Crippen LogP contribution is 2.43. The van der Waals surface area contributed by atoms with Crippen molar-refractivity contribution in [1.29, 1.82) is 0 Å². The molecule has 10 heteroatoms. The average Bonchev–Trinajstić information content (AvgIpc) is 3.64. The van der Waals surface area contributed by atoms with E-state index in [9.17, 15) is 19.0 Å². The molecule has 3 atom stereocenters. The van der Waals surface area contributed by atoms with Crippen molar-refractivity contribution in [1.82, 2.24) is 5.32 Å². The molecule has 0 aliphatic heterocycles. The van der Waals surface area contributed by atoms with Crippen LogP contribution in [-0.4, -0.2) is 74.3 Å². The lowest BCUT2D eigenvalue weighted by molar-refractivity contribution is -0.870. The second-order valence-electron chi connectivity index (χ2n) is 23.2. The number of quaternary nitrogens is 1. The fourth-order valence-corrected chi connectivity index (χ4v) is 9.65. The third kappa shape index (κ3) is 62.4. The van der Waals surface area contributed by atoms with Gasteiger partial charge in [0.25, 0.3) is 0 Å². The highest BCUT2D eigenvalue weighted by atomic mass is 31.2. The highest BCUT2D eigenvalue weighted by Gasteiger charge is 2.30. The molecule has 0 aromatic rings. The van der Waals surface area contributed by atoms with E-state index in [1.165, 1.54) is 77.0 Å². The van der Waals surface area contributed by atoms with Crippen molar-refractivity contribution >= 4 is 19.7 Å². The first kappa shape index (κ1) is 79.9. The number of rotatable bonds is 59. The predicted octanol–water partition coefficient (Wildman–Crippen LogP) is 21.4. The molecule has 0 heterocycles. The van der Waals surface area contributed by atoms with Crippen LogP contribution in [0, 0.1) is 0 Å². The summed E-state index contributed by atoms with van der Waals surface area (Å²) in [6.07, 6.45) is 89.9. The van der Waals surface area contributed by atoms with Crippen molar-refractivity contribution in [3.05, 3.63) is 146 Å². The Bertz CT molecular complexity index is 1950. The zero-order valence-corrected chi connectivity index (χ0v) is 55.5. The van der Waals surface area contributed by atoms with Gasteiger partial charge in [-0.25, -0.2) is 4.57 Å². The number of phosphoric ester groups is 1. The number of hydrogen-bond donors (Lipinski definition) is 2. The summed E-state index contributed by atoms with van der Waals surface area (Å²) in [4.78, 5) is 37.8. The monoisotopic (exact) mass is 1190 g/mol. The average molecular weight is 1190 g/mol. The molecule has 0 radical (unpaired) electrons. The number of unbranched alkanes of at least 4 members (excludes halogenated alkanes) is 21. The Morgan fingerprint density at radius 2 is 0.762 bits per heavy atom. The van der Waals surface area contributed by atoms with Gasteiger partial charge in [0.1, 0.15) is 19.3 Å². The van der Waals surface area contributed by atoms with Crippen molar-refractivity contribution in [3.63, 3.8) is 0 Å². The molecular formula is C74H126N2O7P+. The van der Waals surface area contributed by atoms with Crippen LogP contribution in [0.5, 0.6) is 0 Å². The quantitative estimate of drug-likeness (QED) is 0.0205. The fraction of sp³-hybridized carbons (Fsp3) is 0.649. The van der Waals surface area contributed by atoms with E-state index < -0.39 is 20.0 Å². The van der Waals surface area contributed by atoms with Gasteiger partial charge in [-0.05, 0) is 128 Å². The van der Waals surface area contributed by atoms with Crippen molar-refractivity contribution in [2.24, 2.45) is 0 Å². The number of allylic oxidation sites excluding steroid dienone is 23. The Morgan fingerprint density at radius 1 is 0.429 bits per heavy atom. The molecule has 9 nitrogen and oxygen atoms in total. The lowest BCUT2D eigenvalue weighted by atomic mass is 10.0. The van der Waals surface area contributed by atoms with E-state index in [2.05, 4.69) is 160 Å². The maximum Gasteiger partial charge on any atom is 0.472 e. The van der Waals surface area contributed by atoms with Gasteiger partial charge in [0, 0.05) is 12.8 Å². The molecule has 0 aromatic heterocycles. The first-order valence-electron chi connectivity index (χ1n) is 33.7. The molecule has 0 rings (SSSR count). The molecule has 478 valence electrons. The second-order valence-corrected chi connectivity index (χ2v) is 24.7. The Kier molecular flexibility index (Phi) is 58.9. The van der Waals surface area contributed by atoms with Gasteiger partial charge in [-0.3, -0.25) is 18.6 Å². The second kappa shape index (κ2) is 62.0. The van der Waals surface area contributed by atoms with Crippen LogP contribution in [0.15, 0.2) is 146 Å². The summed E-state index contributed by atoms with van der Waals surface area (Å²) < 4.78 is 30.7. The van der Waals surface area contributed by atoms with Gasteiger partial charge in [0.15, 0.2) is 0 Å². The number of hydrogen-bond acceptors (Lipinski definition) is 6. The highest BCUT2D eigenvalue weighted by molar-refractivity contribution is 7.47. The summed E-state index contributed by atoms with van der Waals surface area (Å²) in [5.74, 6) is -0.561. The van der Waals surface area contributed by atoms with Crippen LogP contribution < -0.4 is 5.32 Å². The van der Waals surface area contributed by atoms with E-state index in [1.807, 2.05) is 33.3 Å². The molecule has 2 N–H and O–H groups in total. The van der Waals surface area contributed by atoms with Crippen LogP contribution in [0.25, 0.3) is 0 Å². The van der Waals surface area contributed by atoms with Crippen molar-refractivity contribution in [2.45, 2.75) is 270 Å². The minimum absolute atomic E-state index is 0.0247. The molecule has 0 spiro atoms. The summed E-state index contributed by atoms with van der Waals surface area (Å²) in [5.41, 5.74) is 0. The Balaban J connectivity index is 5.20.